The molecule has 1 aliphatic rings. The zero-order valence-corrected chi connectivity index (χ0v) is 13.1. The molecule has 0 spiro atoms. The quantitative estimate of drug-likeness (QED) is 0.690. The first-order chi connectivity index (χ1) is 8.96. The number of amides is 1. The zero-order chi connectivity index (χ0) is 14.3. The fourth-order valence-electron chi connectivity index (χ4n) is 2.37. The molecule has 0 radical (unpaired) electrons. The average Bonchev–Trinajstić information content (AvgIpc) is 2.38. The zero-order valence-electron chi connectivity index (χ0n) is 13.1. The molecule has 0 aromatic carbocycles. The number of nitrogens with zero attached hydrogens (tertiary/aromatic N) is 1. The molecule has 1 saturated heterocycles. The fourth-order valence-corrected chi connectivity index (χ4v) is 2.37. The number of unbranched alkanes of at least 4 members (excludes halogenated alkanes) is 1. The number of hydrogen-bond acceptors (Lipinski definition) is 3. The number of carbonyl (C=O) groups excluding carboxylic acids is 1. The van der Waals surface area contributed by atoms with E-state index >= 15 is 0 Å². The molecule has 0 saturated carbocycles. The van der Waals surface area contributed by atoms with Crippen LogP contribution in [0.2, 0.25) is 0 Å². The van der Waals surface area contributed by atoms with Crippen LogP contribution < -0.4 is 10.6 Å². The summed E-state index contributed by atoms with van der Waals surface area (Å²) in [5.41, 5.74) is -0.153. The summed E-state index contributed by atoms with van der Waals surface area (Å²) < 4.78 is 0. The lowest BCUT2D eigenvalue weighted by Crippen LogP contribution is -2.46. The van der Waals surface area contributed by atoms with Gasteiger partial charge < -0.3 is 15.5 Å². The minimum atomic E-state index is -0.153. The smallest absolute Gasteiger partial charge is 0.226 e. The van der Waals surface area contributed by atoms with Gasteiger partial charge in [0.25, 0.3) is 0 Å². The van der Waals surface area contributed by atoms with E-state index in [0.717, 1.165) is 51.9 Å². The number of hydrogen-bond donors (Lipinski definition) is 2. The normalized spacial score (nSPS) is 18.8. The molecule has 1 aliphatic heterocycles. The second kappa shape index (κ2) is 7.85. The van der Waals surface area contributed by atoms with Gasteiger partial charge in [-0.2, -0.15) is 0 Å². The van der Waals surface area contributed by atoms with Crippen LogP contribution in [0.5, 0.6) is 0 Å². The molecule has 1 amide bonds. The van der Waals surface area contributed by atoms with Crippen molar-refractivity contribution in [2.45, 2.75) is 52.5 Å². The summed E-state index contributed by atoms with van der Waals surface area (Å²) in [6, 6.07) is 0.600. The summed E-state index contributed by atoms with van der Waals surface area (Å²) in [6.07, 6.45) is 4.12. The summed E-state index contributed by atoms with van der Waals surface area (Å²) in [7, 11) is 2.15. The highest BCUT2D eigenvalue weighted by atomic mass is 16.2. The molecule has 19 heavy (non-hydrogen) atoms. The molecular weight excluding hydrogens is 238 g/mol. The highest BCUT2D eigenvalue weighted by molar-refractivity contribution is 5.82. The molecule has 1 heterocycles. The van der Waals surface area contributed by atoms with E-state index in [1.807, 2.05) is 0 Å². The van der Waals surface area contributed by atoms with Gasteiger partial charge in [0.1, 0.15) is 0 Å². The van der Waals surface area contributed by atoms with E-state index in [4.69, 9.17) is 0 Å². The lowest BCUT2D eigenvalue weighted by Gasteiger charge is -2.32. The Morgan fingerprint density at radius 3 is 2.53 bits per heavy atom. The molecule has 0 atom stereocenters. The van der Waals surface area contributed by atoms with Crippen molar-refractivity contribution in [3.63, 3.8) is 0 Å². The highest BCUT2D eigenvalue weighted by Gasteiger charge is 2.33. The van der Waals surface area contributed by atoms with Crippen LogP contribution in [0.4, 0.5) is 0 Å². The Hall–Kier alpha value is -0.610. The lowest BCUT2D eigenvalue weighted by molar-refractivity contribution is -0.131. The molecule has 4 heteroatoms. The van der Waals surface area contributed by atoms with Gasteiger partial charge in [0, 0.05) is 18.0 Å². The Bertz CT molecular complexity index is 273. The van der Waals surface area contributed by atoms with Crippen LogP contribution in [0.15, 0.2) is 0 Å². The van der Waals surface area contributed by atoms with Crippen LogP contribution in [0.3, 0.4) is 0 Å². The van der Waals surface area contributed by atoms with Gasteiger partial charge in [-0.15, -0.1) is 0 Å². The average molecular weight is 269 g/mol. The monoisotopic (exact) mass is 269 g/mol. The molecule has 112 valence electrons. The number of piperidine rings is 1. The Balaban J connectivity index is 2.13. The topological polar surface area (TPSA) is 44.4 Å². The van der Waals surface area contributed by atoms with E-state index < -0.39 is 0 Å². The summed E-state index contributed by atoms with van der Waals surface area (Å²) >= 11 is 0. The van der Waals surface area contributed by atoms with Crippen molar-refractivity contribution in [2.75, 3.05) is 33.2 Å². The van der Waals surface area contributed by atoms with Crippen molar-refractivity contribution in [1.82, 2.24) is 15.5 Å². The van der Waals surface area contributed by atoms with Gasteiger partial charge >= 0.3 is 0 Å². The van der Waals surface area contributed by atoms with Crippen LogP contribution in [-0.4, -0.2) is 50.1 Å². The maximum absolute atomic E-state index is 12.2. The first kappa shape index (κ1) is 16.4. The Labute approximate surface area is 118 Å². The van der Waals surface area contributed by atoms with Gasteiger partial charge in [-0.25, -0.2) is 0 Å². The van der Waals surface area contributed by atoms with Crippen LogP contribution in [0.25, 0.3) is 0 Å². The van der Waals surface area contributed by atoms with Crippen molar-refractivity contribution < 1.29 is 4.79 Å². The lowest BCUT2D eigenvalue weighted by atomic mass is 9.80. The van der Waals surface area contributed by atoms with E-state index in [0.29, 0.717) is 6.04 Å². The fraction of sp³-hybridized carbons (Fsp3) is 0.933. The van der Waals surface area contributed by atoms with Crippen LogP contribution in [0, 0.1) is 5.41 Å². The van der Waals surface area contributed by atoms with Gasteiger partial charge in [0.15, 0.2) is 0 Å². The van der Waals surface area contributed by atoms with Crippen molar-refractivity contribution in [2.24, 2.45) is 5.41 Å². The van der Waals surface area contributed by atoms with E-state index in [2.05, 4.69) is 43.4 Å². The number of carbonyl (C=O) groups is 1. The molecule has 0 aromatic rings. The van der Waals surface area contributed by atoms with Crippen LogP contribution in [-0.2, 0) is 4.79 Å². The molecular formula is C15H31N3O. The first-order valence-electron chi connectivity index (χ1n) is 7.65. The summed E-state index contributed by atoms with van der Waals surface area (Å²) in [4.78, 5) is 14.5. The molecule has 4 nitrogen and oxygen atoms in total. The summed E-state index contributed by atoms with van der Waals surface area (Å²) in [6.45, 7) is 10.4. The molecule has 1 rings (SSSR count). The third-order valence-corrected chi connectivity index (χ3v) is 4.36. The van der Waals surface area contributed by atoms with Crippen LogP contribution in [0.1, 0.15) is 46.5 Å². The van der Waals surface area contributed by atoms with Gasteiger partial charge in [0.2, 0.25) is 5.91 Å². The van der Waals surface area contributed by atoms with E-state index in [1.165, 1.54) is 0 Å². The summed E-state index contributed by atoms with van der Waals surface area (Å²) in [5, 5.41) is 6.42. The standard InChI is InChI=1S/C15H31N3O/c1-13(2)18(4)12-6-5-9-17-14(19)15(3)7-10-16-11-8-15/h13,16H,5-12H2,1-4H3,(H,17,19). The molecule has 0 aliphatic carbocycles. The van der Waals surface area contributed by atoms with Gasteiger partial charge in [-0.1, -0.05) is 6.92 Å². The maximum atomic E-state index is 12.2. The number of rotatable bonds is 7. The van der Waals surface area contributed by atoms with Gasteiger partial charge in [0.05, 0.1) is 0 Å². The Morgan fingerprint density at radius 2 is 1.95 bits per heavy atom. The predicted octanol–water partition coefficient (Wildman–Crippen LogP) is 1.61. The van der Waals surface area contributed by atoms with Crippen molar-refractivity contribution in [1.29, 1.82) is 0 Å². The van der Waals surface area contributed by atoms with Gasteiger partial charge in [-0.3, -0.25) is 4.79 Å². The molecule has 0 unspecified atom stereocenters. The first-order valence-corrected chi connectivity index (χ1v) is 7.65. The second-order valence-corrected chi connectivity index (χ2v) is 6.35. The summed E-state index contributed by atoms with van der Waals surface area (Å²) in [5.74, 6) is 0.242. The third-order valence-electron chi connectivity index (χ3n) is 4.36. The van der Waals surface area contributed by atoms with Crippen molar-refractivity contribution >= 4 is 5.91 Å². The van der Waals surface area contributed by atoms with E-state index in [-0.39, 0.29) is 11.3 Å². The SMILES string of the molecule is CC(C)N(C)CCCCNC(=O)C1(C)CCNCC1. The van der Waals surface area contributed by atoms with Gasteiger partial charge in [-0.05, 0) is 66.2 Å². The van der Waals surface area contributed by atoms with Crippen molar-refractivity contribution in [3.05, 3.63) is 0 Å². The molecule has 2 N–H and O–H groups in total. The Morgan fingerprint density at radius 1 is 1.32 bits per heavy atom. The highest BCUT2D eigenvalue weighted by Crippen LogP contribution is 2.27. The third kappa shape index (κ3) is 5.49. The molecule has 0 aromatic heterocycles. The Kier molecular flexibility index (Phi) is 6.80. The second-order valence-electron chi connectivity index (χ2n) is 6.35. The van der Waals surface area contributed by atoms with E-state index in [9.17, 15) is 4.79 Å². The number of nitrogens with one attached hydrogen (secondary N) is 2. The molecule has 0 bridgehead atoms. The maximum Gasteiger partial charge on any atom is 0.226 e. The van der Waals surface area contributed by atoms with E-state index in [1.54, 1.807) is 0 Å². The largest absolute Gasteiger partial charge is 0.356 e. The minimum Gasteiger partial charge on any atom is -0.356 e. The van der Waals surface area contributed by atoms with Crippen molar-refractivity contribution in [3.8, 4) is 0 Å². The van der Waals surface area contributed by atoms with Crippen LogP contribution >= 0.6 is 0 Å². The minimum absolute atomic E-state index is 0.153. The molecule has 1 fully saturated rings. The predicted molar refractivity (Wildman–Crippen MR) is 80.2 cm³/mol.